The average Bonchev–Trinajstić information content (AvgIpc) is 2.59. The number of hydrogen-bond acceptors (Lipinski definition) is 5. The first-order chi connectivity index (χ1) is 11.3. The highest BCUT2D eigenvalue weighted by molar-refractivity contribution is 5.65. The van der Waals surface area contributed by atoms with Gasteiger partial charge in [0, 0.05) is 12.2 Å². The maximum atomic E-state index is 5.88. The summed E-state index contributed by atoms with van der Waals surface area (Å²) in [7, 11) is 1.66. The van der Waals surface area contributed by atoms with Crippen LogP contribution in [0.25, 0.3) is 0 Å². The van der Waals surface area contributed by atoms with Crippen molar-refractivity contribution in [3.8, 4) is 17.2 Å². The molecule has 0 spiro atoms. The zero-order valence-corrected chi connectivity index (χ0v) is 13.3. The summed E-state index contributed by atoms with van der Waals surface area (Å²) in [6.07, 6.45) is 0.931. The van der Waals surface area contributed by atoms with E-state index >= 15 is 0 Å². The molecule has 0 unspecified atom stereocenters. The quantitative estimate of drug-likeness (QED) is 0.656. The standard InChI is InChI=1S/C18H22N2O3/c1-21-15-4-6-16(7-5-15)22-11-2-9-20-10-12-23-18-8-3-14(19)13-17(18)20/h3-8,13H,2,9-12,19H2,1H3. The molecule has 3 rings (SSSR count). The maximum Gasteiger partial charge on any atom is 0.142 e. The smallest absolute Gasteiger partial charge is 0.142 e. The summed E-state index contributed by atoms with van der Waals surface area (Å²) < 4.78 is 16.6. The molecule has 122 valence electrons. The normalized spacial score (nSPS) is 13.2. The highest BCUT2D eigenvalue weighted by Gasteiger charge is 2.17. The van der Waals surface area contributed by atoms with E-state index < -0.39 is 0 Å². The second-order valence-corrected chi connectivity index (χ2v) is 5.44. The van der Waals surface area contributed by atoms with Crippen molar-refractivity contribution in [1.29, 1.82) is 0 Å². The summed E-state index contributed by atoms with van der Waals surface area (Å²) in [5.41, 5.74) is 7.71. The number of fused-ring (bicyclic) bond motifs is 1. The van der Waals surface area contributed by atoms with Gasteiger partial charge in [-0.3, -0.25) is 0 Å². The van der Waals surface area contributed by atoms with Crippen LogP contribution >= 0.6 is 0 Å². The third-order valence-corrected chi connectivity index (χ3v) is 3.84. The molecule has 0 amide bonds. The number of nitrogens with two attached hydrogens (primary N) is 1. The Kier molecular flexibility index (Phi) is 4.76. The Morgan fingerprint density at radius 3 is 2.70 bits per heavy atom. The van der Waals surface area contributed by atoms with Crippen LogP contribution in [0.3, 0.4) is 0 Å². The molecule has 2 N–H and O–H groups in total. The lowest BCUT2D eigenvalue weighted by Crippen LogP contribution is -2.34. The Hall–Kier alpha value is -2.56. The monoisotopic (exact) mass is 314 g/mol. The van der Waals surface area contributed by atoms with Gasteiger partial charge in [0.15, 0.2) is 0 Å². The molecule has 1 aliphatic heterocycles. The number of nitrogens with zero attached hydrogens (tertiary/aromatic N) is 1. The first-order valence-electron chi connectivity index (χ1n) is 7.80. The zero-order valence-electron chi connectivity index (χ0n) is 13.3. The Labute approximate surface area is 136 Å². The van der Waals surface area contributed by atoms with Gasteiger partial charge in [0.2, 0.25) is 0 Å². The van der Waals surface area contributed by atoms with Crippen LogP contribution in [-0.2, 0) is 0 Å². The highest BCUT2D eigenvalue weighted by atomic mass is 16.5. The van der Waals surface area contributed by atoms with Crippen molar-refractivity contribution in [2.75, 3.05) is 44.0 Å². The van der Waals surface area contributed by atoms with Gasteiger partial charge in [-0.1, -0.05) is 0 Å². The summed E-state index contributed by atoms with van der Waals surface area (Å²) in [4.78, 5) is 2.30. The van der Waals surface area contributed by atoms with Crippen LogP contribution in [-0.4, -0.2) is 33.4 Å². The lowest BCUT2D eigenvalue weighted by atomic mass is 10.2. The van der Waals surface area contributed by atoms with E-state index in [1.165, 1.54) is 0 Å². The van der Waals surface area contributed by atoms with Crippen LogP contribution in [0.1, 0.15) is 6.42 Å². The summed E-state index contributed by atoms with van der Waals surface area (Å²) in [5, 5.41) is 0. The average molecular weight is 314 g/mol. The number of hydrogen-bond donors (Lipinski definition) is 1. The molecule has 1 aliphatic rings. The molecule has 0 atom stereocenters. The van der Waals surface area contributed by atoms with E-state index in [4.69, 9.17) is 19.9 Å². The van der Waals surface area contributed by atoms with Crippen LogP contribution in [0.5, 0.6) is 17.2 Å². The Morgan fingerprint density at radius 1 is 1.13 bits per heavy atom. The molecule has 2 aromatic rings. The minimum Gasteiger partial charge on any atom is -0.497 e. The minimum atomic E-state index is 0.668. The van der Waals surface area contributed by atoms with Crippen LogP contribution in [0.4, 0.5) is 11.4 Å². The van der Waals surface area contributed by atoms with E-state index in [1.807, 2.05) is 42.5 Å². The highest BCUT2D eigenvalue weighted by Crippen LogP contribution is 2.33. The van der Waals surface area contributed by atoms with E-state index in [2.05, 4.69) is 4.90 Å². The fourth-order valence-corrected chi connectivity index (χ4v) is 2.64. The van der Waals surface area contributed by atoms with E-state index in [0.29, 0.717) is 13.2 Å². The van der Waals surface area contributed by atoms with Crippen molar-refractivity contribution in [3.05, 3.63) is 42.5 Å². The summed E-state index contributed by atoms with van der Waals surface area (Å²) in [6, 6.07) is 13.4. The van der Waals surface area contributed by atoms with Gasteiger partial charge in [0.1, 0.15) is 23.9 Å². The van der Waals surface area contributed by atoms with E-state index in [0.717, 1.165) is 48.1 Å². The molecule has 2 aromatic carbocycles. The molecule has 0 aromatic heterocycles. The number of benzene rings is 2. The van der Waals surface area contributed by atoms with Gasteiger partial charge in [-0.25, -0.2) is 0 Å². The Balaban J connectivity index is 1.50. The van der Waals surface area contributed by atoms with Crippen LogP contribution in [0, 0.1) is 0 Å². The van der Waals surface area contributed by atoms with Crippen molar-refractivity contribution in [1.82, 2.24) is 0 Å². The second kappa shape index (κ2) is 7.13. The van der Waals surface area contributed by atoms with Crippen LogP contribution < -0.4 is 24.8 Å². The Morgan fingerprint density at radius 2 is 1.91 bits per heavy atom. The predicted molar refractivity (Wildman–Crippen MR) is 91.7 cm³/mol. The molecule has 0 radical (unpaired) electrons. The van der Waals surface area contributed by atoms with Crippen molar-refractivity contribution < 1.29 is 14.2 Å². The number of nitrogen functional groups attached to an aromatic ring is 1. The van der Waals surface area contributed by atoms with Gasteiger partial charge in [-0.05, 0) is 48.9 Å². The third kappa shape index (κ3) is 3.80. The van der Waals surface area contributed by atoms with Gasteiger partial charge >= 0.3 is 0 Å². The SMILES string of the molecule is COc1ccc(OCCCN2CCOc3ccc(N)cc32)cc1. The fraction of sp³-hybridized carbons (Fsp3) is 0.333. The molecule has 5 nitrogen and oxygen atoms in total. The third-order valence-electron chi connectivity index (χ3n) is 3.84. The first kappa shape index (κ1) is 15.3. The van der Waals surface area contributed by atoms with Gasteiger partial charge < -0.3 is 24.8 Å². The van der Waals surface area contributed by atoms with Crippen LogP contribution in [0.2, 0.25) is 0 Å². The van der Waals surface area contributed by atoms with Crippen molar-refractivity contribution in [2.45, 2.75) is 6.42 Å². The second-order valence-electron chi connectivity index (χ2n) is 5.44. The lowest BCUT2D eigenvalue weighted by Gasteiger charge is -2.31. The molecule has 0 saturated heterocycles. The van der Waals surface area contributed by atoms with Gasteiger partial charge in [-0.2, -0.15) is 0 Å². The molecule has 5 heteroatoms. The summed E-state index contributed by atoms with van der Waals surface area (Å²) in [6.45, 7) is 3.16. The summed E-state index contributed by atoms with van der Waals surface area (Å²) in [5.74, 6) is 2.60. The predicted octanol–water partition coefficient (Wildman–Crippen LogP) is 2.95. The molecule has 0 aliphatic carbocycles. The summed E-state index contributed by atoms with van der Waals surface area (Å²) >= 11 is 0. The number of ether oxygens (including phenoxy) is 3. The first-order valence-corrected chi connectivity index (χ1v) is 7.80. The largest absolute Gasteiger partial charge is 0.497 e. The van der Waals surface area contributed by atoms with Gasteiger partial charge in [-0.15, -0.1) is 0 Å². The number of rotatable bonds is 6. The maximum absolute atomic E-state index is 5.88. The number of anilines is 2. The van der Waals surface area contributed by atoms with Crippen molar-refractivity contribution >= 4 is 11.4 Å². The van der Waals surface area contributed by atoms with E-state index in [9.17, 15) is 0 Å². The van der Waals surface area contributed by atoms with E-state index in [1.54, 1.807) is 7.11 Å². The molecule has 1 heterocycles. The van der Waals surface area contributed by atoms with Crippen molar-refractivity contribution in [2.24, 2.45) is 0 Å². The molecule has 0 fully saturated rings. The van der Waals surface area contributed by atoms with Gasteiger partial charge in [0.25, 0.3) is 0 Å². The van der Waals surface area contributed by atoms with Crippen molar-refractivity contribution in [3.63, 3.8) is 0 Å². The Bertz CT molecular complexity index is 643. The molecular weight excluding hydrogens is 292 g/mol. The van der Waals surface area contributed by atoms with Gasteiger partial charge in [0.05, 0.1) is 25.9 Å². The van der Waals surface area contributed by atoms with E-state index in [-0.39, 0.29) is 0 Å². The molecular formula is C18H22N2O3. The zero-order chi connectivity index (χ0) is 16.1. The lowest BCUT2D eigenvalue weighted by molar-refractivity contribution is 0.292. The molecule has 0 saturated carbocycles. The minimum absolute atomic E-state index is 0.668. The number of methoxy groups -OCH3 is 1. The molecule has 0 bridgehead atoms. The van der Waals surface area contributed by atoms with Crippen LogP contribution in [0.15, 0.2) is 42.5 Å². The molecule has 23 heavy (non-hydrogen) atoms. The topological polar surface area (TPSA) is 57.0 Å². The fourth-order valence-electron chi connectivity index (χ4n) is 2.64.